The van der Waals surface area contributed by atoms with Crippen molar-refractivity contribution >= 4 is 17.7 Å². The highest BCUT2D eigenvalue weighted by Crippen LogP contribution is 2.46. The smallest absolute Gasteiger partial charge is 0.347 e. The zero-order valence-corrected chi connectivity index (χ0v) is 13.8. The van der Waals surface area contributed by atoms with E-state index >= 15 is 0 Å². The number of nitrogen functional groups attached to an aromatic ring is 1. The number of rotatable bonds is 8. The summed E-state index contributed by atoms with van der Waals surface area (Å²) in [6.45, 7) is 5.46. The van der Waals surface area contributed by atoms with Gasteiger partial charge in [-0.1, -0.05) is 13.0 Å². The molecule has 1 fully saturated rings. The summed E-state index contributed by atoms with van der Waals surface area (Å²) < 4.78 is 5.82. The fourth-order valence-electron chi connectivity index (χ4n) is 2.37. The van der Waals surface area contributed by atoms with Crippen molar-refractivity contribution in [3.05, 3.63) is 27.8 Å². The molecule has 0 bridgehead atoms. The maximum Gasteiger partial charge on any atom is 0.347 e. The number of anilines is 1. The lowest BCUT2D eigenvalue weighted by atomic mass is 10.1. The molecule has 0 atom stereocenters. The second-order valence-electron chi connectivity index (χ2n) is 5.86. The molecule has 0 aliphatic heterocycles. The van der Waals surface area contributed by atoms with Crippen molar-refractivity contribution in [2.45, 2.75) is 39.7 Å². The van der Waals surface area contributed by atoms with Gasteiger partial charge in [0, 0.05) is 12.1 Å². The minimum Gasteiger partial charge on any atom is -0.387 e. The Labute approximate surface area is 135 Å². The van der Waals surface area contributed by atoms with Crippen LogP contribution >= 0.6 is 0 Å². The number of hydrogen-bond donors (Lipinski definition) is 3. The van der Waals surface area contributed by atoms with Crippen LogP contribution < -0.4 is 17.2 Å². The molecule has 1 heterocycles. The number of aliphatic imine (C=N–C) groups is 1. The monoisotopic (exact) mass is 319 g/mol. The molecule has 0 saturated heterocycles. The summed E-state index contributed by atoms with van der Waals surface area (Å²) in [4.78, 5) is 22.2. The third-order valence-electron chi connectivity index (χ3n) is 3.96. The third kappa shape index (κ3) is 4.19. The summed E-state index contributed by atoms with van der Waals surface area (Å²) in [5.74, 6) is 0.875. The van der Waals surface area contributed by atoms with Crippen LogP contribution in [0.5, 0.6) is 0 Å². The first-order valence-electron chi connectivity index (χ1n) is 7.92. The van der Waals surface area contributed by atoms with E-state index in [9.17, 15) is 4.79 Å². The van der Waals surface area contributed by atoms with Crippen molar-refractivity contribution in [3.8, 4) is 0 Å². The predicted octanol–water partition coefficient (Wildman–Crippen LogP) is 1.45. The van der Waals surface area contributed by atoms with Crippen LogP contribution in [-0.4, -0.2) is 29.0 Å². The van der Waals surface area contributed by atoms with E-state index in [1.54, 1.807) is 6.08 Å². The fourth-order valence-corrected chi connectivity index (χ4v) is 2.37. The van der Waals surface area contributed by atoms with Gasteiger partial charge < -0.3 is 21.2 Å². The number of aromatic amines is 1. The number of allylic oxidation sites excluding steroid dienone is 1. The van der Waals surface area contributed by atoms with E-state index in [0.29, 0.717) is 23.7 Å². The maximum atomic E-state index is 11.4. The molecule has 126 valence electrons. The van der Waals surface area contributed by atoms with Gasteiger partial charge in [0.1, 0.15) is 11.7 Å². The highest BCUT2D eigenvalue weighted by atomic mass is 16.5. The van der Waals surface area contributed by atoms with Gasteiger partial charge in [-0.05, 0) is 32.3 Å². The summed E-state index contributed by atoms with van der Waals surface area (Å²) in [5.41, 5.74) is 12.7. The topological polar surface area (TPSA) is 119 Å². The number of aromatic nitrogens is 2. The first kappa shape index (κ1) is 17.2. The van der Waals surface area contributed by atoms with Gasteiger partial charge in [0.15, 0.2) is 0 Å². The molecule has 1 aromatic rings. The molecule has 0 radical (unpaired) electrons. The van der Waals surface area contributed by atoms with Crippen LogP contribution in [0.3, 0.4) is 0 Å². The summed E-state index contributed by atoms with van der Waals surface area (Å²) in [7, 11) is 0. The first-order valence-corrected chi connectivity index (χ1v) is 7.92. The molecule has 7 nitrogen and oxygen atoms in total. The van der Waals surface area contributed by atoms with E-state index in [-0.39, 0.29) is 17.8 Å². The molecular weight excluding hydrogens is 294 g/mol. The van der Waals surface area contributed by atoms with Crippen LogP contribution in [0.25, 0.3) is 6.08 Å². The van der Waals surface area contributed by atoms with Crippen LogP contribution in [-0.2, 0) is 11.3 Å². The lowest BCUT2D eigenvalue weighted by molar-refractivity contribution is 0.0973. The number of nitrogens with zero attached hydrogens (tertiary/aromatic N) is 2. The van der Waals surface area contributed by atoms with Crippen molar-refractivity contribution in [1.82, 2.24) is 9.97 Å². The Bertz CT molecular complexity index is 659. The minimum absolute atomic E-state index is 0.125. The van der Waals surface area contributed by atoms with Crippen molar-refractivity contribution in [3.63, 3.8) is 0 Å². The Hall–Kier alpha value is -2.15. The molecule has 5 N–H and O–H groups in total. The summed E-state index contributed by atoms with van der Waals surface area (Å²) >= 11 is 0. The van der Waals surface area contributed by atoms with Gasteiger partial charge in [-0.2, -0.15) is 4.98 Å². The molecule has 0 spiro atoms. The average molecular weight is 319 g/mol. The van der Waals surface area contributed by atoms with E-state index in [2.05, 4.69) is 21.9 Å². The number of nitrogens with two attached hydrogens (primary N) is 2. The Morgan fingerprint density at radius 3 is 2.87 bits per heavy atom. The van der Waals surface area contributed by atoms with Gasteiger partial charge in [-0.15, -0.1) is 0 Å². The van der Waals surface area contributed by atoms with Crippen LogP contribution in [0.4, 0.5) is 5.82 Å². The normalized spacial score (nSPS) is 16.9. The maximum absolute atomic E-state index is 11.4. The zero-order chi connectivity index (χ0) is 16.9. The summed E-state index contributed by atoms with van der Waals surface area (Å²) in [6, 6.07) is 0. The lowest BCUT2D eigenvalue weighted by Crippen LogP contribution is -2.30. The minimum atomic E-state index is -0.464. The molecular formula is C16H25N5O2. The van der Waals surface area contributed by atoms with E-state index < -0.39 is 5.69 Å². The van der Waals surface area contributed by atoms with E-state index in [4.69, 9.17) is 16.2 Å². The van der Waals surface area contributed by atoms with Crippen LogP contribution in [0.15, 0.2) is 15.9 Å². The van der Waals surface area contributed by atoms with Gasteiger partial charge >= 0.3 is 5.69 Å². The zero-order valence-electron chi connectivity index (χ0n) is 13.8. The summed E-state index contributed by atoms with van der Waals surface area (Å²) in [5, 5.41) is 0. The molecule has 0 aromatic carbocycles. The van der Waals surface area contributed by atoms with Gasteiger partial charge in [0.25, 0.3) is 0 Å². The van der Waals surface area contributed by atoms with Crippen LogP contribution in [0.2, 0.25) is 0 Å². The van der Waals surface area contributed by atoms with Gasteiger partial charge in [-0.25, -0.2) is 4.79 Å². The van der Waals surface area contributed by atoms with Crippen LogP contribution in [0, 0.1) is 5.41 Å². The Morgan fingerprint density at radius 1 is 1.52 bits per heavy atom. The molecule has 1 aliphatic carbocycles. The second kappa shape index (κ2) is 7.41. The second-order valence-corrected chi connectivity index (χ2v) is 5.86. The average Bonchev–Trinajstić information content (AvgIpc) is 3.29. The molecule has 1 saturated carbocycles. The Balaban J connectivity index is 2.03. The Kier molecular flexibility index (Phi) is 5.54. The van der Waals surface area contributed by atoms with Crippen molar-refractivity contribution < 1.29 is 4.74 Å². The SMILES string of the molecule is C/C=C\c1[nH]c(=O)nc(N)c1COCC1(C(N)=NCCC)CC1. The number of H-pyrrole nitrogens is 1. The molecule has 23 heavy (non-hydrogen) atoms. The lowest BCUT2D eigenvalue weighted by Gasteiger charge is -2.16. The number of ether oxygens (including phenoxy) is 1. The van der Waals surface area contributed by atoms with Gasteiger partial charge in [0.2, 0.25) is 0 Å². The highest BCUT2D eigenvalue weighted by Gasteiger charge is 2.46. The molecule has 1 aromatic heterocycles. The Morgan fingerprint density at radius 2 is 2.26 bits per heavy atom. The largest absolute Gasteiger partial charge is 0.387 e. The van der Waals surface area contributed by atoms with Crippen LogP contribution in [0.1, 0.15) is 44.4 Å². The molecule has 7 heteroatoms. The van der Waals surface area contributed by atoms with Gasteiger partial charge in [-0.3, -0.25) is 4.99 Å². The van der Waals surface area contributed by atoms with E-state index in [1.807, 2.05) is 13.0 Å². The highest BCUT2D eigenvalue weighted by molar-refractivity contribution is 5.89. The predicted molar refractivity (Wildman–Crippen MR) is 92.1 cm³/mol. The molecule has 0 unspecified atom stereocenters. The van der Waals surface area contributed by atoms with Crippen molar-refractivity contribution in [2.24, 2.45) is 16.1 Å². The number of nitrogens with one attached hydrogen (secondary N) is 1. The molecule has 0 amide bonds. The third-order valence-corrected chi connectivity index (χ3v) is 3.96. The summed E-state index contributed by atoms with van der Waals surface area (Å²) in [6.07, 6.45) is 6.57. The molecule has 2 rings (SSSR count). The van der Waals surface area contributed by atoms with Gasteiger partial charge in [0.05, 0.1) is 24.3 Å². The number of hydrogen-bond acceptors (Lipinski definition) is 5. The standard InChI is InChI=1S/C16H25N5O2/c1-3-5-12-11(13(17)21-15(22)20-12)9-23-10-16(6-7-16)14(18)19-8-4-2/h3,5H,4,6-10H2,1-2H3,(H2,18,19)(H3,17,20,21,22)/b5-3-. The fraction of sp³-hybridized carbons (Fsp3) is 0.562. The first-order chi connectivity index (χ1) is 11.0. The van der Waals surface area contributed by atoms with Crippen molar-refractivity contribution in [2.75, 3.05) is 18.9 Å². The van der Waals surface area contributed by atoms with E-state index in [0.717, 1.165) is 25.8 Å². The van der Waals surface area contributed by atoms with E-state index in [1.165, 1.54) is 0 Å². The number of amidine groups is 1. The van der Waals surface area contributed by atoms with Crippen molar-refractivity contribution in [1.29, 1.82) is 0 Å². The quantitative estimate of drug-likeness (QED) is 0.495. The molecule has 1 aliphatic rings.